The molecular formula is C13H19NO3S. The zero-order valence-electron chi connectivity index (χ0n) is 10.7. The second kappa shape index (κ2) is 5.38. The van der Waals surface area contributed by atoms with Crippen LogP contribution in [0.4, 0.5) is 0 Å². The van der Waals surface area contributed by atoms with Crippen molar-refractivity contribution in [3.8, 4) is 11.5 Å². The van der Waals surface area contributed by atoms with Gasteiger partial charge in [-0.3, -0.25) is 0 Å². The second-order valence-corrected chi connectivity index (χ2v) is 5.47. The van der Waals surface area contributed by atoms with Crippen LogP contribution in [0.5, 0.6) is 11.5 Å². The van der Waals surface area contributed by atoms with Crippen LogP contribution >= 0.6 is 11.8 Å². The normalized spacial score (nSPS) is 23.1. The van der Waals surface area contributed by atoms with E-state index in [1.54, 1.807) is 26.0 Å². The van der Waals surface area contributed by atoms with Gasteiger partial charge in [0, 0.05) is 12.1 Å². The van der Waals surface area contributed by atoms with Crippen LogP contribution in [0.2, 0.25) is 0 Å². The highest BCUT2D eigenvalue weighted by atomic mass is 32.2. The van der Waals surface area contributed by atoms with Crippen molar-refractivity contribution >= 4 is 11.8 Å². The van der Waals surface area contributed by atoms with Gasteiger partial charge < -0.3 is 20.3 Å². The van der Waals surface area contributed by atoms with Gasteiger partial charge >= 0.3 is 0 Å². The van der Waals surface area contributed by atoms with E-state index < -0.39 is 5.60 Å². The molecule has 0 saturated heterocycles. The number of hydrogen-bond acceptors (Lipinski definition) is 5. The molecule has 0 bridgehead atoms. The third kappa shape index (κ3) is 2.18. The zero-order chi connectivity index (χ0) is 13.2. The number of aliphatic hydroxyl groups is 1. The lowest BCUT2D eigenvalue weighted by Crippen LogP contribution is -2.35. The predicted octanol–water partition coefficient (Wildman–Crippen LogP) is 1.74. The molecule has 1 unspecified atom stereocenters. The summed E-state index contributed by atoms with van der Waals surface area (Å²) < 4.78 is 10.8. The molecule has 0 radical (unpaired) electrons. The summed E-state index contributed by atoms with van der Waals surface area (Å²) in [5, 5.41) is 10.8. The van der Waals surface area contributed by atoms with E-state index >= 15 is 0 Å². The highest BCUT2D eigenvalue weighted by Crippen LogP contribution is 2.47. The van der Waals surface area contributed by atoms with Crippen molar-refractivity contribution in [2.45, 2.75) is 23.3 Å². The summed E-state index contributed by atoms with van der Waals surface area (Å²) in [6, 6.07) is 3.69. The summed E-state index contributed by atoms with van der Waals surface area (Å²) in [7, 11) is 3.24. The van der Waals surface area contributed by atoms with Crippen molar-refractivity contribution < 1.29 is 14.6 Å². The highest BCUT2D eigenvalue weighted by Gasteiger charge is 2.36. The van der Waals surface area contributed by atoms with E-state index in [1.165, 1.54) is 0 Å². The van der Waals surface area contributed by atoms with Gasteiger partial charge in [-0.05, 0) is 30.7 Å². The number of rotatable bonds is 3. The van der Waals surface area contributed by atoms with Gasteiger partial charge in [0.25, 0.3) is 0 Å². The maximum Gasteiger partial charge on any atom is 0.133 e. The van der Waals surface area contributed by atoms with Crippen LogP contribution in [-0.4, -0.2) is 31.6 Å². The molecule has 4 nitrogen and oxygen atoms in total. The number of hydrogen-bond donors (Lipinski definition) is 2. The smallest absolute Gasteiger partial charge is 0.133 e. The van der Waals surface area contributed by atoms with E-state index in [4.69, 9.17) is 15.2 Å². The maximum absolute atomic E-state index is 10.8. The number of fused-ring (bicyclic) bond motifs is 1. The van der Waals surface area contributed by atoms with Gasteiger partial charge in [-0.25, -0.2) is 0 Å². The van der Waals surface area contributed by atoms with E-state index in [0.717, 1.165) is 28.4 Å². The van der Waals surface area contributed by atoms with E-state index in [-0.39, 0.29) is 6.54 Å². The molecule has 0 amide bonds. The SMILES string of the molecule is COc1ccc(OC)c2c1SCCCC2(O)CN. The molecule has 5 heteroatoms. The molecule has 3 N–H and O–H groups in total. The molecule has 0 aromatic heterocycles. The summed E-state index contributed by atoms with van der Waals surface area (Å²) in [4.78, 5) is 0.947. The summed E-state index contributed by atoms with van der Waals surface area (Å²) in [6.45, 7) is 0.185. The summed E-state index contributed by atoms with van der Waals surface area (Å²) in [6.07, 6.45) is 1.56. The minimum Gasteiger partial charge on any atom is -0.496 e. The van der Waals surface area contributed by atoms with Crippen LogP contribution in [0.25, 0.3) is 0 Å². The Balaban J connectivity index is 2.66. The number of nitrogens with two attached hydrogens (primary N) is 1. The van der Waals surface area contributed by atoms with E-state index in [9.17, 15) is 5.11 Å². The average Bonchev–Trinajstić information content (AvgIpc) is 2.58. The third-order valence-corrected chi connectivity index (χ3v) is 4.49. The Kier molecular flexibility index (Phi) is 4.04. The van der Waals surface area contributed by atoms with Crippen molar-refractivity contribution in [3.05, 3.63) is 17.7 Å². The molecule has 100 valence electrons. The van der Waals surface area contributed by atoms with Gasteiger partial charge in [0.1, 0.15) is 17.1 Å². The number of benzene rings is 1. The van der Waals surface area contributed by atoms with Crippen molar-refractivity contribution in [1.82, 2.24) is 0 Å². The van der Waals surface area contributed by atoms with E-state index in [2.05, 4.69) is 0 Å². The molecule has 1 aliphatic rings. The average molecular weight is 269 g/mol. The molecule has 1 aromatic carbocycles. The monoisotopic (exact) mass is 269 g/mol. The minimum atomic E-state index is -1.03. The fourth-order valence-corrected chi connectivity index (χ4v) is 3.55. The first-order valence-electron chi connectivity index (χ1n) is 5.97. The van der Waals surface area contributed by atoms with Crippen LogP contribution in [0, 0.1) is 0 Å². The molecule has 0 fully saturated rings. The van der Waals surface area contributed by atoms with Crippen molar-refractivity contribution in [3.63, 3.8) is 0 Å². The van der Waals surface area contributed by atoms with Crippen LogP contribution in [0.3, 0.4) is 0 Å². The van der Waals surface area contributed by atoms with Crippen molar-refractivity contribution in [2.24, 2.45) is 5.73 Å². The molecular weight excluding hydrogens is 250 g/mol. The van der Waals surface area contributed by atoms with Crippen molar-refractivity contribution in [1.29, 1.82) is 0 Å². The minimum absolute atomic E-state index is 0.185. The van der Waals surface area contributed by atoms with E-state index in [1.807, 2.05) is 12.1 Å². The molecule has 1 atom stereocenters. The second-order valence-electron chi connectivity index (χ2n) is 4.36. The first-order valence-corrected chi connectivity index (χ1v) is 6.95. The van der Waals surface area contributed by atoms with Gasteiger partial charge in [-0.15, -0.1) is 11.8 Å². The van der Waals surface area contributed by atoms with Crippen LogP contribution in [-0.2, 0) is 5.60 Å². The Morgan fingerprint density at radius 3 is 2.61 bits per heavy atom. The summed E-state index contributed by atoms with van der Waals surface area (Å²) in [5.74, 6) is 2.39. The predicted molar refractivity (Wildman–Crippen MR) is 72.5 cm³/mol. The number of ether oxygens (including phenoxy) is 2. The molecule has 1 heterocycles. The van der Waals surface area contributed by atoms with E-state index in [0.29, 0.717) is 12.2 Å². The van der Waals surface area contributed by atoms with Crippen molar-refractivity contribution in [2.75, 3.05) is 26.5 Å². The van der Waals surface area contributed by atoms with Gasteiger partial charge in [0.15, 0.2) is 0 Å². The fourth-order valence-electron chi connectivity index (χ4n) is 2.33. The molecule has 0 saturated carbocycles. The lowest BCUT2D eigenvalue weighted by molar-refractivity contribution is 0.0317. The van der Waals surface area contributed by atoms with Crippen LogP contribution in [0.15, 0.2) is 17.0 Å². The Labute approximate surface area is 111 Å². The molecule has 0 aliphatic carbocycles. The Morgan fingerprint density at radius 2 is 2.00 bits per heavy atom. The largest absolute Gasteiger partial charge is 0.496 e. The lowest BCUT2D eigenvalue weighted by Gasteiger charge is -2.29. The standard InChI is InChI=1S/C13H19NO3S/c1-16-9-4-5-10(17-2)12-11(9)13(15,8-14)6-3-7-18-12/h4-5,15H,3,6-8,14H2,1-2H3. The zero-order valence-corrected chi connectivity index (χ0v) is 11.5. The maximum atomic E-state index is 10.8. The first-order chi connectivity index (χ1) is 8.66. The summed E-state index contributed by atoms with van der Waals surface area (Å²) in [5.41, 5.74) is 5.52. The quantitative estimate of drug-likeness (QED) is 0.875. The molecule has 1 aromatic rings. The third-order valence-electron chi connectivity index (χ3n) is 3.31. The van der Waals surface area contributed by atoms with Gasteiger partial charge in [-0.2, -0.15) is 0 Å². The fraction of sp³-hybridized carbons (Fsp3) is 0.538. The Morgan fingerprint density at radius 1 is 1.33 bits per heavy atom. The van der Waals surface area contributed by atoms with Crippen LogP contribution in [0.1, 0.15) is 18.4 Å². The molecule has 0 spiro atoms. The van der Waals surface area contributed by atoms with Gasteiger partial charge in [0.05, 0.1) is 19.1 Å². The first kappa shape index (κ1) is 13.5. The Bertz CT molecular complexity index is 438. The number of methoxy groups -OCH3 is 2. The van der Waals surface area contributed by atoms with Crippen LogP contribution < -0.4 is 15.2 Å². The summed E-state index contributed by atoms with van der Waals surface area (Å²) >= 11 is 1.69. The molecule has 1 aliphatic heterocycles. The molecule has 18 heavy (non-hydrogen) atoms. The van der Waals surface area contributed by atoms with Gasteiger partial charge in [0.2, 0.25) is 0 Å². The lowest BCUT2D eigenvalue weighted by atomic mass is 9.88. The topological polar surface area (TPSA) is 64.7 Å². The Hall–Kier alpha value is -0.910. The highest BCUT2D eigenvalue weighted by molar-refractivity contribution is 7.99. The molecule has 2 rings (SSSR count). The van der Waals surface area contributed by atoms with Gasteiger partial charge in [-0.1, -0.05) is 0 Å². The number of thioether (sulfide) groups is 1.